The van der Waals surface area contributed by atoms with E-state index in [9.17, 15) is 4.79 Å². The van der Waals surface area contributed by atoms with E-state index in [2.05, 4.69) is 33.1 Å². The van der Waals surface area contributed by atoms with Crippen LogP contribution in [0.2, 0.25) is 0 Å². The predicted molar refractivity (Wildman–Crippen MR) is 116 cm³/mol. The molecular formula is C23H29N3O4. The van der Waals surface area contributed by atoms with Crippen molar-refractivity contribution in [3.05, 3.63) is 41.2 Å². The van der Waals surface area contributed by atoms with Gasteiger partial charge in [-0.2, -0.15) is 0 Å². The van der Waals surface area contributed by atoms with E-state index < -0.39 is 11.6 Å². The fraction of sp³-hybridized carbons (Fsp3) is 0.478. The van der Waals surface area contributed by atoms with Crippen molar-refractivity contribution in [3.8, 4) is 0 Å². The van der Waals surface area contributed by atoms with Gasteiger partial charge in [-0.15, -0.1) is 0 Å². The molecule has 1 aromatic carbocycles. The normalized spacial score (nSPS) is 15.7. The van der Waals surface area contributed by atoms with Gasteiger partial charge in [0.25, 0.3) is 0 Å². The molecule has 1 aliphatic heterocycles. The molecule has 3 aromatic rings. The van der Waals surface area contributed by atoms with E-state index in [0.29, 0.717) is 5.69 Å². The molecule has 0 atom stereocenters. The first kappa shape index (κ1) is 20.8. The van der Waals surface area contributed by atoms with Crippen LogP contribution < -0.4 is 0 Å². The summed E-state index contributed by atoms with van der Waals surface area (Å²) in [4.78, 5) is 23.2. The van der Waals surface area contributed by atoms with Gasteiger partial charge >= 0.3 is 5.97 Å². The molecule has 7 heteroatoms. The van der Waals surface area contributed by atoms with Gasteiger partial charge in [-0.05, 0) is 32.4 Å². The van der Waals surface area contributed by atoms with Gasteiger partial charge < -0.3 is 19.2 Å². The third kappa shape index (κ3) is 4.19. The second-order valence-electron chi connectivity index (χ2n) is 8.66. The SMILES string of the molecule is COCc1c(C(=O)OC(C)(C)C)ncc2[nH]c3cccc(CN4CCOCC4)c3c12. The first-order chi connectivity index (χ1) is 14.4. The Kier molecular flexibility index (Phi) is 5.77. The summed E-state index contributed by atoms with van der Waals surface area (Å²) in [6.07, 6.45) is 1.71. The molecule has 0 radical (unpaired) electrons. The van der Waals surface area contributed by atoms with Crippen molar-refractivity contribution >= 4 is 27.8 Å². The Hall–Kier alpha value is -2.48. The smallest absolute Gasteiger partial charge is 0.357 e. The Labute approximate surface area is 176 Å². The molecule has 0 unspecified atom stereocenters. The molecule has 1 saturated heterocycles. The number of hydrogen-bond donors (Lipinski definition) is 1. The number of hydrogen-bond acceptors (Lipinski definition) is 6. The number of H-pyrrole nitrogens is 1. The number of rotatable bonds is 5. The lowest BCUT2D eigenvalue weighted by Gasteiger charge is -2.27. The minimum atomic E-state index is -0.597. The highest BCUT2D eigenvalue weighted by Gasteiger charge is 2.25. The van der Waals surface area contributed by atoms with Gasteiger partial charge in [-0.3, -0.25) is 4.90 Å². The lowest BCUT2D eigenvalue weighted by molar-refractivity contribution is 0.00593. The van der Waals surface area contributed by atoms with E-state index in [4.69, 9.17) is 14.2 Å². The molecule has 1 aliphatic rings. The molecule has 3 heterocycles. The Balaban J connectivity index is 1.87. The third-order valence-electron chi connectivity index (χ3n) is 5.23. The van der Waals surface area contributed by atoms with Gasteiger partial charge in [0, 0.05) is 48.6 Å². The van der Waals surface area contributed by atoms with Crippen LogP contribution in [0.3, 0.4) is 0 Å². The van der Waals surface area contributed by atoms with Crippen molar-refractivity contribution in [2.45, 2.75) is 39.5 Å². The third-order valence-corrected chi connectivity index (χ3v) is 5.23. The van der Waals surface area contributed by atoms with Crippen LogP contribution in [0.25, 0.3) is 21.8 Å². The van der Waals surface area contributed by atoms with Crippen LogP contribution in [-0.2, 0) is 27.4 Å². The van der Waals surface area contributed by atoms with Crippen molar-refractivity contribution in [2.75, 3.05) is 33.4 Å². The summed E-state index contributed by atoms with van der Waals surface area (Å²) in [7, 11) is 1.63. The van der Waals surface area contributed by atoms with Crippen LogP contribution in [0.15, 0.2) is 24.4 Å². The quantitative estimate of drug-likeness (QED) is 0.646. The second kappa shape index (κ2) is 8.34. The average molecular weight is 412 g/mol. The maximum atomic E-state index is 12.9. The second-order valence-corrected chi connectivity index (χ2v) is 8.66. The minimum Gasteiger partial charge on any atom is -0.455 e. The average Bonchev–Trinajstić information content (AvgIpc) is 3.08. The lowest BCUT2D eigenvalue weighted by Crippen LogP contribution is -2.35. The van der Waals surface area contributed by atoms with Crippen molar-refractivity contribution in [1.82, 2.24) is 14.9 Å². The highest BCUT2D eigenvalue weighted by molar-refractivity contribution is 6.12. The number of aromatic amines is 1. The molecule has 1 N–H and O–H groups in total. The molecule has 7 nitrogen and oxygen atoms in total. The Morgan fingerprint density at radius 1 is 1.20 bits per heavy atom. The monoisotopic (exact) mass is 411 g/mol. The number of pyridine rings is 1. The highest BCUT2D eigenvalue weighted by Crippen LogP contribution is 2.33. The summed E-state index contributed by atoms with van der Waals surface area (Å²) >= 11 is 0. The van der Waals surface area contributed by atoms with Gasteiger partial charge in [0.15, 0.2) is 5.69 Å². The zero-order valence-corrected chi connectivity index (χ0v) is 18.1. The van der Waals surface area contributed by atoms with Crippen LogP contribution in [-0.4, -0.2) is 59.9 Å². The molecular weight excluding hydrogens is 382 g/mol. The number of aromatic nitrogens is 2. The molecule has 1 fully saturated rings. The maximum Gasteiger partial charge on any atom is 0.357 e. The van der Waals surface area contributed by atoms with Crippen LogP contribution in [0.4, 0.5) is 0 Å². The molecule has 160 valence electrons. The minimum absolute atomic E-state index is 0.276. The molecule has 0 spiro atoms. The van der Waals surface area contributed by atoms with E-state index in [1.807, 2.05) is 20.8 Å². The summed E-state index contributed by atoms with van der Waals surface area (Å²) < 4.78 is 16.6. The first-order valence-electron chi connectivity index (χ1n) is 10.3. The van der Waals surface area contributed by atoms with E-state index in [1.165, 1.54) is 5.56 Å². The standard InChI is InChI=1S/C23H29N3O4/c1-23(2,3)30-22(27)21-16(14-28-4)20-18(12-24-21)25-17-7-5-6-15(19(17)20)13-26-8-10-29-11-9-26/h5-7,12,25H,8-11,13-14H2,1-4H3. The molecule has 0 bridgehead atoms. The number of carbonyl (C=O) groups is 1. The maximum absolute atomic E-state index is 12.9. The number of benzene rings is 1. The fourth-order valence-corrected chi connectivity index (χ4v) is 4.00. The fourth-order valence-electron chi connectivity index (χ4n) is 4.00. The van der Waals surface area contributed by atoms with Crippen molar-refractivity contribution in [3.63, 3.8) is 0 Å². The highest BCUT2D eigenvalue weighted by atomic mass is 16.6. The Morgan fingerprint density at radius 2 is 1.97 bits per heavy atom. The van der Waals surface area contributed by atoms with E-state index in [1.54, 1.807) is 13.3 Å². The van der Waals surface area contributed by atoms with Crippen LogP contribution in [0.1, 0.15) is 42.4 Å². The summed E-state index contributed by atoms with van der Waals surface area (Å²) in [6, 6.07) is 6.27. The van der Waals surface area contributed by atoms with E-state index >= 15 is 0 Å². The number of nitrogens with one attached hydrogen (secondary N) is 1. The number of nitrogens with zero attached hydrogens (tertiary/aromatic N) is 2. The van der Waals surface area contributed by atoms with Crippen molar-refractivity contribution in [1.29, 1.82) is 0 Å². The largest absolute Gasteiger partial charge is 0.455 e. The predicted octanol–water partition coefficient (Wildman–Crippen LogP) is 3.65. The van der Waals surface area contributed by atoms with Crippen LogP contribution in [0.5, 0.6) is 0 Å². The van der Waals surface area contributed by atoms with Crippen LogP contribution in [0, 0.1) is 0 Å². The number of ether oxygens (including phenoxy) is 3. The molecule has 0 aliphatic carbocycles. The van der Waals surface area contributed by atoms with Crippen molar-refractivity contribution in [2.24, 2.45) is 0 Å². The summed E-state index contributed by atoms with van der Waals surface area (Å²) in [5.74, 6) is -0.434. The van der Waals surface area contributed by atoms with Gasteiger partial charge in [0.2, 0.25) is 0 Å². The van der Waals surface area contributed by atoms with E-state index in [0.717, 1.165) is 60.2 Å². The Morgan fingerprint density at radius 3 is 2.67 bits per heavy atom. The molecule has 4 rings (SSSR count). The number of carbonyl (C=O) groups excluding carboxylic acids is 1. The number of fused-ring (bicyclic) bond motifs is 3. The lowest BCUT2D eigenvalue weighted by atomic mass is 10.0. The van der Waals surface area contributed by atoms with Gasteiger partial charge in [0.1, 0.15) is 5.60 Å². The zero-order chi connectivity index (χ0) is 21.3. The Bertz CT molecular complexity index is 1060. The van der Waals surface area contributed by atoms with E-state index in [-0.39, 0.29) is 6.61 Å². The zero-order valence-electron chi connectivity index (χ0n) is 18.1. The van der Waals surface area contributed by atoms with Gasteiger partial charge in [-0.1, -0.05) is 12.1 Å². The summed E-state index contributed by atoms with van der Waals surface area (Å²) in [5.41, 5.74) is 3.58. The topological polar surface area (TPSA) is 76.7 Å². The number of morpholine rings is 1. The molecule has 2 aromatic heterocycles. The molecule has 30 heavy (non-hydrogen) atoms. The molecule has 0 amide bonds. The van der Waals surface area contributed by atoms with Gasteiger partial charge in [-0.25, -0.2) is 9.78 Å². The first-order valence-corrected chi connectivity index (χ1v) is 10.3. The summed E-state index contributed by atoms with van der Waals surface area (Å²) in [5, 5.41) is 2.09. The number of esters is 1. The van der Waals surface area contributed by atoms with Crippen LogP contribution >= 0.6 is 0 Å². The number of methoxy groups -OCH3 is 1. The van der Waals surface area contributed by atoms with Gasteiger partial charge in [0.05, 0.1) is 31.5 Å². The molecule has 0 saturated carbocycles. The summed E-state index contributed by atoms with van der Waals surface area (Å²) in [6.45, 7) is 9.99. The van der Waals surface area contributed by atoms with Crippen molar-refractivity contribution < 1.29 is 19.0 Å².